The zero-order valence-electron chi connectivity index (χ0n) is 77.0. The maximum absolute atomic E-state index is 7.30. The van der Waals surface area contributed by atoms with Crippen molar-refractivity contribution in [3.8, 4) is 68.2 Å². The number of fused-ring (bicyclic) bond motifs is 18. The van der Waals surface area contributed by atoms with E-state index in [1.807, 2.05) is 42.5 Å². The van der Waals surface area contributed by atoms with Gasteiger partial charge in [-0.3, -0.25) is 23.7 Å². The van der Waals surface area contributed by atoms with Crippen molar-refractivity contribution in [2.45, 2.75) is 25.7 Å². The molecule has 0 bridgehead atoms. The van der Waals surface area contributed by atoms with Crippen LogP contribution in [-0.2, 0) is 115 Å². The van der Waals surface area contributed by atoms with Crippen molar-refractivity contribution in [2.75, 3.05) is 0 Å². The molecule has 0 radical (unpaired) electrons. The molecule has 0 fully saturated rings. The molecular formula is C132H92Au4O2P4+4. The van der Waals surface area contributed by atoms with Gasteiger partial charge < -0.3 is 34.5 Å². The van der Waals surface area contributed by atoms with Crippen LogP contribution in [0.4, 0.5) is 0 Å². The fraction of sp³-hybridized carbons (Fsp3) is 0.0303. The molecule has 2 heterocycles. The minimum absolute atomic E-state index is 0. The summed E-state index contributed by atoms with van der Waals surface area (Å²) in [7, 11) is -5.29. The minimum Gasteiger partial charge on any atom is -0.456 e. The van der Waals surface area contributed by atoms with E-state index in [-0.39, 0.29) is 89.5 Å². The molecule has 692 valence electrons. The number of furan rings is 2. The molecule has 2 aromatic heterocycles. The maximum Gasteiger partial charge on any atom is 1.00 e. The van der Waals surface area contributed by atoms with Crippen LogP contribution in [0.15, 0.2) is 494 Å². The molecule has 26 rings (SSSR count). The molecule has 10 heteroatoms. The van der Waals surface area contributed by atoms with Crippen LogP contribution in [0.25, 0.3) is 88.4 Å². The Morgan fingerprint density at radius 2 is 0.430 bits per heavy atom. The standard InChI is InChI=1S/2C36H26OP2.4C15H9.4Au/c2*1-5-15-27(16-6-1)38(28-17-7-2-8-18-28)35-25-32-31-23-13-14-24-33(31)37-34(32)26-36(35)39(29-19-9-3-10-20-29)30-21-11-4-12-22-30;2*1-2-11-7-5-8-13-10-12-6-3-4-9-14(12)15(11)13;1-2-11-7-8-15-13(9-11)10-12-5-3-4-6-14(12)15;1-2-11-7-8-13-10-12-5-3-4-6-14(12)15(13)9-11;;;;/h2*1-26H;4*3-9H,10H2;;;;/q;;4*-1;4*+1/p+4. The van der Waals surface area contributed by atoms with Gasteiger partial charge in [0.25, 0.3) is 0 Å². The summed E-state index contributed by atoms with van der Waals surface area (Å²) in [5, 5.41) is 21.5. The van der Waals surface area contributed by atoms with Gasteiger partial charge in [0.1, 0.15) is 118 Å². The van der Waals surface area contributed by atoms with E-state index in [0.29, 0.717) is 0 Å². The van der Waals surface area contributed by atoms with Gasteiger partial charge in [-0.15, -0.1) is 58.7 Å². The molecule has 22 aromatic rings. The van der Waals surface area contributed by atoms with Gasteiger partial charge >= 0.3 is 89.5 Å². The summed E-state index contributed by atoms with van der Waals surface area (Å²) in [5.41, 5.74) is 28.3. The zero-order chi connectivity index (χ0) is 93.0. The fourth-order valence-corrected chi connectivity index (χ4v) is 32.2. The Morgan fingerprint density at radius 3 is 0.775 bits per heavy atom. The van der Waals surface area contributed by atoms with Crippen molar-refractivity contribution < 1.29 is 98.4 Å². The van der Waals surface area contributed by atoms with Crippen LogP contribution in [0.1, 0.15) is 66.8 Å². The van der Waals surface area contributed by atoms with Crippen LogP contribution in [-0.4, -0.2) is 0 Å². The zero-order valence-corrected chi connectivity index (χ0v) is 89.7. The van der Waals surface area contributed by atoms with E-state index in [9.17, 15) is 0 Å². The Balaban J connectivity index is 0.000000124. The molecule has 20 aromatic carbocycles. The summed E-state index contributed by atoms with van der Waals surface area (Å²) in [6, 6.07) is 173. The third-order valence-corrected chi connectivity index (χ3v) is 38.0. The molecule has 0 atom stereocenters. The monoisotopic (exact) mass is 2620 g/mol. The number of benzene rings is 20. The third-order valence-electron chi connectivity index (χ3n) is 26.4. The van der Waals surface area contributed by atoms with E-state index < -0.39 is 31.7 Å². The average Bonchev–Trinajstić information content (AvgIpc) is 1.55. The SMILES string of the molecule is [Au+].[Au+].[Au+].[Au+].[C-]#Cc1ccc2c(c1)-c1ccccc1C2.[C-]#Cc1ccc2c(c1)Cc1ccccc1-2.[C-]#Cc1cccc2c1-c1ccccc1C2.[C-]#Cc1cccc2c1-c1ccccc1C2.c1ccc([PH+](c2ccccc2)c2cc3oc4ccccc4c3cc2[PH+](c2ccccc2)c2ccccc2)cc1.c1ccc([PH+](c2ccccc2)c2cc3oc4ccccc4c3cc2[PH+](c2ccccc2)c2ccccc2)cc1. The summed E-state index contributed by atoms with van der Waals surface area (Å²) in [6.45, 7) is 0. The Kier molecular flexibility index (Phi) is 33.4. The van der Waals surface area contributed by atoms with Gasteiger partial charge in [-0.2, -0.15) is 0 Å². The molecular weight excluding hydrogens is 2530 g/mol. The van der Waals surface area contributed by atoms with Gasteiger partial charge in [-0.25, -0.2) is 0 Å². The van der Waals surface area contributed by atoms with Gasteiger partial charge in [0.15, 0.2) is 0 Å². The first kappa shape index (κ1) is 100. The van der Waals surface area contributed by atoms with E-state index in [2.05, 4.69) is 467 Å². The molecule has 0 spiro atoms. The van der Waals surface area contributed by atoms with Crippen LogP contribution in [0.3, 0.4) is 0 Å². The number of rotatable bonds is 12. The van der Waals surface area contributed by atoms with Crippen molar-refractivity contribution in [1.29, 1.82) is 0 Å². The van der Waals surface area contributed by atoms with Crippen LogP contribution in [0.2, 0.25) is 0 Å². The van der Waals surface area contributed by atoms with Crippen molar-refractivity contribution in [1.82, 2.24) is 0 Å². The molecule has 2 nitrogen and oxygen atoms in total. The molecule has 4 aliphatic carbocycles. The van der Waals surface area contributed by atoms with Crippen molar-refractivity contribution in [3.05, 3.63) is 578 Å². The normalized spacial score (nSPS) is 11.3. The predicted octanol–water partition coefficient (Wildman–Crippen LogP) is 25.9. The number of hydrogen-bond acceptors (Lipinski definition) is 2. The summed E-state index contributed by atoms with van der Waals surface area (Å²) < 4.78 is 13.0. The minimum atomic E-state index is -1.33. The van der Waals surface area contributed by atoms with Crippen molar-refractivity contribution in [2.24, 2.45) is 0 Å². The average molecular weight is 2620 g/mol. The molecule has 4 aliphatic rings. The summed E-state index contributed by atoms with van der Waals surface area (Å²) in [5.74, 6) is 9.91. The second kappa shape index (κ2) is 47.2. The van der Waals surface area contributed by atoms with E-state index in [1.165, 1.54) is 174 Å². The van der Waals surface area contributed by atoms with Gasteiger partial charge in [0.05, 0.1) is 0 Å². The molecule has 0 saturated carbocycles. The van der Waals surface area contributed by atoms with Crippen molar-refractivity contribution >= 4 is 139 Å². The van der Waals surface area contributed by atoms with Crippen LogP contribution >= 0.6 is 31.7 Å². The second-order valence-electron chi connectivity index (χ2n) is 34.7. The quantitative estimate of drug-likeness (QED) is 0.0527. The van der Waals surface area contributed by atoms with Crippen molar-refractivity contribution in [3.63, 3.8) is 0 Å². The van der Waals surface area contributed by atoms with Crippen LogP contribution in [0.5, 0.6) is 0 Å². The van der Waals surface area contributed by atoms with Gasteiger partial charge in [0, 0.05) is 33.7 Å². The van der Waals surface area contributed by atoms with Gasteiger partial charge in [-0.1, -0.05) is 343 Å². The van der Waals surface area contributed by atoms with Gasteiger partial charge in [0.2, 0.25) is 0 Å². The van der Waals surface area contributed by atoms with E-state index in [4.69, 9.17) is 34.5 Å². The van der Waals surface area contributed by atoms with Crippen LogP contribution in [0, 0.1) is 49.4 Å². The molecule has 0 unspecified atom stereocenters. The second-order valence-corrected chi connectivity index (χ2v) is 44.4. The molecule has 142 heavy (non-hydrogen) atoms. The third kappa shape index (κ3) is 21.4. The smallest absolute Gasteiger partial charge is 0.456 e. The summed E-state index contributed by atoms with van der Waals surface area (Å²) in [6.07, 6.45) is 32.8. The number of hydrogen-bond donors (Lipinski definition) is 0. The molecule has 0 N–H and O–H groups in total. The largest absolute Gasteiger partial charge is 1.00 e. The van der Waals surface area contributed by atoms with E-state index >= 15 is 0 Å². The summed E-state index contributed by atoms with van der Waals surface area (Å²) >= 11 is 0. The fourth-order valence-electron chi connectivity index (χ4n) is 20.1. The Morgan fingerprint density at radius 1 is 0.176 bits per heavy atom. The Labute approximate surface area is 900 Å². The first-order valence-electron chi connectivity index (χ1n) is 46.7. The number of para-hydroxylation sites is 2. The Hall–Kier alpha value is -13.1. The maximum atomic E-state index is 7.30. The summed E-state index contributed by atoms with van der Waals surface area (Å²) in [4.78, 5) is 0. The first-order chi connectivity index (χ1) is 68.3. The molecule has 0 amide bonds. The molecule has 0 aliphatic heterocycles. The topological polar surface area (TPSA) is 26.3 Å². The van der Waals surface area contributed by atoms with E-state index in [1.54, 1.807) is 0 Å². The van der Waals surface area contributed by atoms with Crippen LogP contribution < -0.4 is 63.7 Å². The Bertz CT molecular complexity index is 7850. The first-order valence-corrected chi connectivity index (χ1v) is 52.7. The van der Waals surface area contributed by atoms with Gasteiger partial charge in [-0.05, 0) is 208 Å². The predicted molar refractivity (Wildman–Crippen MR) is 592 cm³/mol. The van der Waals surface area contributed by atoms with E-state index in [0.717, 1.165) is 70.3 Å². The molecule has 0 saturated heterocycles.